The van der Waals surface area contributed by atoms with Crippen LogP contribution in [0, 0.1) is 0 Å². The molecule has 164 valence electrons. The number of halogens is 1. The van der Waals surface area contributed by atoms with Gasteiger partial charge in [-0.3, -0.25) is 4.79 Å². The van der Waals surface area contributed by atoms with Crippen molar-refractivity contribution in [3.05, 3.63) is 60.2 Å². The normalized spacial score (nSPS) is 14.2. The zero-order chi connectivity index (χ0) is 21.8. The van der Waals surface area contributed by atoms with E-state index in [9.17, 15) is 9.90 Å². The first-order valence-corrected chi connectivity index (χ1v) is 11.2. The summed E-state index contributed by atoms with van der Waals surface area (Å²) in [7, 11) is 0. The number of rotatable bonds is 14. The number of aliphatic carboxylic acids is 1. The lowest BCUT2D eigenvalue weighted by molar-refractivity contribution is -0.142. The van der Waals surface area contributed by atoms with Crippen LogP contribution in [0.3, 0.4) is 0 Å². The number of hydrogen-bond acceptors (Lipinski definition) is 2. The average Bonchev–Trinajstić information content (AvgIpc) is 2.76. The Bertz CT molecular complexity index is 730. The summed E-state index contributed by atoms with van der Waals surface area (Å²) in [6.45, 7) is 4.50. The first kappa shape index (κ1) is 24.1. The summed E-state index contributed by atoms with van der Waals surface area (Å²) < 4.78 is 21.0. The lowest BCUT2D eigenvalue weighted by Crippen LogP contribution is -2.35. The van der Waals surface area contributed by atoms with E-state index in [2.05, 4.69) is 6.92 Å². The predicted octanol–water partition coefficient (Wildman–Crippen LogP) is 7.02. The second kappa shape index (κ2) is 13.2. The van der Waals surface area contributed by atoms with Crippen LogP contribution < -0.4 is 0 Å². The minimum atomic E-state index is -1.59. The van der Waals surface area contributed by atoms with E-state index in [0.717, 1.165) is 24.0 Å². The Kier molecular flexibility index (Phi) is 10.6. The molecule has 0 aliphatic carbocycles. The second-order valence-electron chi connectivity index (χ2n) is 7.83. The van der Waals surface area contributed by atoms with E-state index in [-0.39, 0.29) is 0 Å². The van der Waals surface area contributed by atoms with E-state index >= 15 is 4.39 Å². The van der Waals surface area contributed by atoms with E-state index in [1.54, 1.807) is 12.1 Å². The maximum absolute atomic E-state index is 15.3. The number of hydrogen-bond donors (Lipinski definition) is 1. The predicted molar refractivity (Wildman–Crippen MR) is 121 cm³/mol. The molecule has 4 heteroatoms. The third-order valence-corrected chi connectivity index (χ3v) is 5.55. The van der Waals surface area contributed by atoms with Gasteiger partial charge in [0.05, 0.1) is 6.10 Å². The van der Waals surface area contributed by atoms with Gasteiger partial charge in [-0.05, 0) is 29.5 Å². The number of alkyl halides is 1. The van der Waals surface area contributed by atoms with Crippen LogP contribution in [-0.2, 0) is 9.53 Å². The quantitative estimate of drug-likeness (QED) is 0.338. The summed E-state index contributed by atoms with van der Waals surface area (Å²) in [5, 5.41) is 9.72. The van der Waals surface area contributed by atoms with Crippen LogP contribution >= 0.6 is 0 Å². The Hall–Kier alpha value is -2.20. The first-order chi connectivity index (χ1) is 14.6. The molecule has 0 fully saturated rings. The van der Waals surface area contributed by atoms with Crippen molar-refractivity contribution in [1.29, 1.82) is 0 Å². The molecular weight excluding hydrogens is 379 g/mol. The van der Waals surface area contributed by atoms with Gasteiger partial charge in [0.25, 0.3) is 0 Å². The number of ether oxygens (including phenoxy) is 1. The van der Waals surface area contributed by atoms with Gasteiger partial charge in [0.1, 0.15) is 12.1 Å². The molecular formula is C26H35FO3. The lowest BCUT2D eigenvalue weighted by Gasteiger charge is -2.25. The fourth-order valence-electron chi connectivity index (χ4n) is 3.74. The highest BCUT2D eigenvalue weighted by atomic mass is 19.1. The average molecular weight is 415 g/mol. The van der Waals surface area contributed by atoms with Crippen molar-refractivity contribution in [2.45, 2.75) is 77.0 Å². The maximum atomic E-state index is 15.3. The Morgan fingerprint density at radius 2 is 1.50 bits per heavy atom. The Balaban J connectivity index is 1.98. The molecule has 2 rings (SSSR count). The highest BCUT2D eigenvalue weighted by Crippen LogP contribution is 2.30. The summed E-state index contributed by atoms with van der Waals surface area (Å²) in [5.74, 6) is -2.39. The monoisotopic (exact) mass is 414 g/mol. The van der Waals surface area contributed by atoms with Crippen molar-refractivity contribution in [1.82, 2.24) is 0 Å². The molecule has 0 radical (unpaired) electrons. The van der Waals surface area contributed by atoms with Crippen LogP contribution in [0.2, 0.25) is 0 Å². The van der Waals surface area contributed by atoms with Crippen molar-refractivity contribution in [2.24, 2.45) is 0 Å². The Morgan fingerprint density at radius 1 is 0.900 bits per heavy atom. The molecule has 0 amide bonds. The van der Waals surface area contributed by atoms with E-state index in [0.29, 0.717) is 18.6 Å². The molecule has 2 aromatic carbocycles. The molecule has 0 aliphatic heterocycles. The van der Waals surface area contributed by atoms with Crippen molar-refractivity contribution in [3.63, 3.8) is 0 Å². The summed E-state index contributed by atoms with van der Waals surface area (Å²) in [5.41, 5.74) is 2.49. The van der Waals surface area contributed by atoms with Crippen molar-refractivity contribution < 1.29 is 19.0 Å². The minimum Gasteiger partial charge on any atom is -0.481 e. The van der Waals surface area contributed by atoms with E-state index in [4.69, 9.17) is 4.74 Å². The molecule has 3 unspecified atom stereocenters. The van der Waals surface area contributed by atoms with Crippen molar-refractivity contribution in [2.75, 3.05) is 6.61 Å². The van der Waals surface area contributed by atoms with Crippen molar-refractivity contribution >= 4 is 5.97 Å². The van der Waals surface area contributed by atoms with Crippen LogP contribution in [0.5, 0.6) is 0 Å². The van der Waals surface area contributed by atoms with Gasteiger partial charge >= 0.3 is 5.97 Å². The third-order valence-electron chi connectivity index (χ3n) is 5.55. The molecule has 0 bridgehead atoms. The minimum absolute atomic E-state index is 0.447. The van der Waals surface area contributed by atoms with Crippen LogP contribution in [-0.4, -0.2) is 30.0 Å². The van der Waals surface area contributed by atoms with E-state index in [1.165, 1.54) is 25.7 Å². The van der Waals surface area contributed by atoms with Gasteiger partial charge in [-0.1, -0.05) is 101 Å². The molecule has 3 nitrogen and oxygen atoms in total. The van der Waals surface area contributed by atoms with Gasteiger partial charge in [0.15, 0.2) is 0 Å². The fraction of sp³-hybridized carbons (Fsp3) is 0.500. The summed E-state index contributed by atoms with van der Waals surface area (Å²) in [4.78, 5) is 11.9. The Labute approximate surface area is 180 Å². The Morgan fingerprint density at radius 3 is 2.10 bits per heavy atom. The van der Waals surface area contributed by atoms with Crippen molar-refractivity contribution in [3.8, 4) is 11.1 Å². The standard InChI is InChI=1S/C26H35FO3/c1-3-5-6-7-8-12-19-30-23(4-2)25(27)24(26(28)29)22-17-15-21(16-18-22)20-13-10-9-11-14-20/h9-11,13-18,23-25H,3-8,12,19H2,1-2H3,(H,28,29). The SMILES string of the molecule is CCCCCCCCOC(CC)C(F)C(C(=O)O)c1ccc(-c2ccccc2)cc1. The largest absolute Gasteiger partial charge is 0.481 e. The fourth-order valence-corrected chi connectivity index (χ4v) is 3.74. The number of unbranched alkanes of at least 4 members (excludes halogenated alkanes) is 5. The van der Waals surface area contributed by atoms with Gasteiger partial charge in [-0.15, -0.1) is 0 Å². The molecule has 30 heavy (non-hydrogen) atoms. The van der Waals surface area contributed by atoms with Crippen LogP contribution in [0.25, 0.3) is 11.1 Å². The molecule has 1 N–H and O–H groups in total. The van der Waals surface area contributed by atoms with E-state index in [1.807, 2.05) is 49.4 Å². The number of carboxylic acid groups (broad SMARTS) is 1. The lowest BCUT2D eigenvalue weighted by atomic mass is 9.89. The molecule has 0 saturated carbocycles. The van der Waals surface area contributed by atoms with Gasteiger partial charge < -0.3 is 9.84 Å². The highest BCUT2D eigenvalue weighted by molar-refractivity contribution is 5.77. The van der Waals surface area contributed by atoms with Crippen LogP contribution in [0.15, 0.2) is 54.6 Å². The molecule has 0 aliphatic rings. The zero-order valence-corrected chi connectivity index (χ0v) is 18.2. The van der Waals surface area contributed by atoms with Gasteiger partial charge in [-0.25, -0.2) is 4.39 Å². The molecule has 0 saturated heterocycles. The molecule has 2 aromatic rings. The molecule has 0 spiro atoms. The molecule has 3 atom stereocenters. The van der Waals surface area contributed by atoms with Crippen LogP contribution in [0.1, 0.15) is 70.3 Å². The van der Waals surface area contributed by atoms with Crippen LogP contribution in [0.4, 0.5) is 4.39 Å². The van der Waals surface area contributed by atoms with E-state index < -0.39 is 24.2 Å². The summed E-state index contributed by atoms with van der Waals surface area (Å²) >= 11 is 0. The summed E-state index contributed by atoms with van der Waals surface area (Å²) in [6.07, 6.45) is 4.94. The van der Waals surface area contributed by atoms with Gasteiger partial charge in [0, 0.05) is 6.61 Å². The number of carbonyl (C=O) groups is 1. The third kappa shape index (κ3) is 7.24. The highest BCUT2D eigenvalue weighted by Gasteiger charge is 2.35. The first-order valence-electron chi connectivity index (χ1n) is 11.2. The zero-order valence-electron chi connectivity index (χ0n) is 18.2. The number of benzene rings is 2. The molecule has 0 heterocycles. The summed E-state index contributed by atoms with van der Waals surface area (Å²) in [6, 6.07) is 17.0. The smallest absolute Gasteiger partial charge is 0.314 e. The van der Waals surface area contributed by atoms with Gasteiger partial charge in [-0.2, -0.15) is 0 Å². The van der Waals surface area contributed by atoms with Gasteiger partial charge in [0.2, 0.25) is 0 Å². The molecule has 0 aromatic heterocycles. The topological polar surface area (TPSA) is 46.5 Å². The second-order valence-corrected chi connectivity index (χ2v) is 7.83. The maximum Gasteiger partial charge on any atom is 0.314 e. The number of carboxylic acids is 1.